The molecule has 0 bridgehead atoms. The Morgan fingerprint density at radius 2 is 2.04 bits per heavy atom. The molecule has 4 rings (SSSR count). The second-order valence-corrected chi connectivity index (χ2v) is 6.65. The molecule has 2 aliphatic rings. The first-order valence-corrected chi connectivity index (χ1v) is 9.02. The van der Waals surface area contributed by atoms with Gasteiger partial charge in [0.05, 0.1) is 19.9 Å². The second kappa shape index (κ2) is 7.47. The van der Waals surface area contributed by atoms with Gasteiger partial charge in [-0.2, -0.15) is 0 Å². The van der Waals surface area contributed by atoms with E-state index >= 15 is 0 Å². The highest BCUT2D eigenvalue weighted by Crippen LogP contribution is 2.48. The van der Waals surface area contributed by atoms with Crippen LogP contribution in [0.2, 0.25) is 0 Å². The number of methoxy groups -OCH3 is 2. The van der Waals surface area contributed by atoms with Crippen LogP contribution in [-0.2, 0) is 6.42 Å². The van der Waals surface area contributed by atoms with Gasteiger partial charge in [-0.05, 0) is 37.2 Å². The van der Waals surface area contributed by atoms with E-state index < -0.39 is 0 Å². The maximum atomic E-state index is 12.7. The Hall–Kier alpha value is -3.13. The zero-order valence-electron chi connectivity index (χ0n) is 16.1. The number of nitrogens with one attached hydrogen (secondary N) is 2. The van der Waals surface area contributed by atoms with Gasteiger partial charge < -0.3 is 29.6 Å². The molecule has 2 aromatic rings. The van der Waals surface area contributed by atoms with Gasteiger partial charge in [-0.25, -0.2) is 4.79 Å². The fraction of sp³-hybridized carbons (Fsp3) is 0.350. The summed E-state index contributed by atoms with van der Waals surface area (Å²) in [5.74, 6) is 2.45. The minimum Gasteiger partial charge on any atom is -0.495 e. The van der Waals surface area contributed by atoms with Crippen molar-refractivity contribution in [2.24, 2.45) is 0 Å². The largest absolute Gasteiger partial charge is 0.495 e. The van der Waals surface area contributed by atoms with Crippen LogP contribution in [0, 0.1) is 0 Å². The molecule has 0 fully saturated rings. The molecule has 2 N–H and O–H groups in total. The Labute approximate surface area is 163 Å². The molecule has 0 unspecified atom stereocenters. The highest BCUT2D eigenvalue weighted by Gasteiger charge is 2.34. The predicted octanol–water partition coefficient (Wildman–Crippen LogP) is 2.74. The van der Waals surface area contributed by atoms with Gasteiger partial charge in [0, 0.05) is 12.1 Å². The molecule has 0 aromatic heterocycles. The minimum atomic E-state index is -0.372. The molecule has 8 heteroatoms. The van der Waals surface area contributed by atoms with E-state index in [0.717, 1.165) is 24.1 Å². The monoisotopic (exact) mass is 385 g/mol. The van der Waals surface area contributed by atoms with Crippen LogP contribution in [0.5, 0.6) is 23.0 Å². The summed E-state index contributed by atoms with van der Waals surface area (Å²) in [6.07, 6.45) is 0.452. The van der Waals surface area contributed by atoms with Crippen molar-refractivity contribution < 1.29 is 23.7 Å². The number of hydrogen-bond donors (Lipinski definition) is 2. The Bertz CT molecular complexity index is 902. The maximum absolute atomic E-state index is 12.7. The summed E-state index contributed by atoms with van der Waals surface area (Å²) in [4.78, 5) is 14.8. The highest BCUT2D eigenvalue weighted by molar-refractivity contribution is 5.91. The average molecular weight is 385 g/mol. The summed E-state index contributed by atoms with van der Waals surface area (Å²) in [7, 11) is 5.12. The number of nitrogens with zero attached hydrogens (tertiary/aromatic N) is 1. The lowest BCUT2D eigenvalue weighted by molar-refractivity contribution is 0.169. The molecule has 8 nitrogen and oxygen atoms in total. The minimum absolute atomic E-state index is 0.164. The number of rotatable bonds is 4. The van der Waals surface area contributed by atoms with E-state index in [9.17, 15) is 4.79 Å². The van der Waals surface area contributed by atoms with Crippen molar-refractivity contribution in [1.82, 2.24) is 10.2 Å². The smallest absolute Gasteiger partial charge is 0.320 e. The molecule has 0 saturated heterocycles. The fourth-order valence-corrected chi connectivity index (χ4v) is 3.65. The lowest BCUT2D eigenvalue weighted by atomic mass is 9.95. The standard InChI is InChI=1S/C20H23N3O5/c1-23-9-8-12-10-15-17(28-11-27-15)18(26-3)16(12)19(23)22-20(24)21-13-6-4-5-7-14(13)25-2/h4-7,10,19H,8-9,11H2,1-3H3,(H2,21,22,24)/t19-/m0/s1. The predicted molar refractivity (Wildman–Crippen MR) is 103 cm³/mol. The molecular weight excluding hydrogens is 362 g/mol. The first-order chi connectivity index (χ1) is 13.6. The summed E-state index contributed by atoms with van der Waals surface area (Å²) < 4.78 is 22.1. The number of ether oxygens (including phenoxy) is 4. The molecule has 0 aliphatic carbocycles. The summed E-state index contributed by atoms with van der Waals surface area (Å²) in [6.45, 7) is 0.951. The third kappa shape index (κ3) is 3.16. The summed E-state index contributed by atoms with van der Waals surface area (Å²) >= 11 is 0. The van der Waals surface area contributed by atoms with Gasteiger partial charge in [0.1, 0.15) is 11.9 Å². The van der Waals surface area contributed by atoms with E-state index in [1.54, 1.807) is 26.4 Å². The van der Waals surface area contributed by atoms with Crippen molar-refractivity contribution in [3.8, 4) is 23.0 Å². The molecule has 0 spiro atoms. The van der Waals surface area contributed by atoms with E-state index in [-0.39, 0.29) is 19.0 Å². The van der Waals surface area contributed by atoms with Crippen molar-refractivity contribution in [3.05, 3.63) is 41.5 Å². The lowest BCUT2D eigenvalue weighted by Gasteiger charge is -2.36. The fourth-order valence-electron chi connectivity index (χ4n) is 3.65. The van der Waals surface area contributed by atoms with E-state index in [0.29, 0.717) is 28.7 Å². The van der Waals surface area contributed by atoms with Gasteiger partial charge in [0.15, 0.2) is 11.5 Å². The number of amides is 2. The van der Waals surface area contributed by atoms with Gasteiger partial charge in [0.25, 0.3) is 0 Å². The normalized spacial score (nSPS) is 17.6. The molecule has 0 radical (unpaired) electrons. The number of para-hydroxylation sites is 2. The topological polar surface area (TPSA) is 81.3 Å². The summed E-state index contributed by atoms with van der Waals surface area (Å²) in [6, 6.07) is 8.90. The number of urea groups is 1. The van der Waals surface area contributed by atoms with Crippen LogP contribution >= 0.6 is 0 Å². The van der Waals surface area contributed by atoms with Crippen LogP contribution in [0.4, 0.5) is 10.5 Å². The number of carbonyl (C=O) groups excluding carboxylic acids is 1. The van der Waals surface area contributed by atoms with Gasteiger partial charge in [-0.3, -0.25) is 4.90 Å². The van der Waals surface area contributed by atoms with E-state index in [1.165, 1.54) is 0 Å². The van der Waals surface area contributed by atoms with Crippen molar-refractivity contribution in [1.29, 1.82) is 0 Å². The first kappa shape index (κ1) is 18.2. The number of fused-ring (bicyclic) bond motifs is 2. The van der Waals surface area contributed by atoms with Gasteiger partial charge in [-0.15, -0.1) is 0 Å². The average Bonchev–Trinajstić information content (AvgIpc) is 3.17. The van der Waals surface area contributed by atoms with E-state index in [4.69, 9.17) is 18.9 Å². The van der Waals surface area contributed by atoms with Crippen molar-refractivity contribution in [3.63, 3.8) is 0 Å². The van der Waals surface area contributed by atoms with Gasteiger partial charge >= 0.3 is 6.03 Å². The second-order valence-electron chi connectivity index (χ2n) is 6.65. The third-order valence-electron chi connectivity index (χ3n) is 5.02. The first-order valence-electron chi connectivity index (χ1n) is 9.02. The van der Waals surface area contributed by atoms with E-state index in [1.807, 2.05) is 25.2 Å². The summed E-state index contributed by atoms with van der Waals surface area (Å²) in [5.41, 5.74) is 2.55. The highest BCUT2D eigenvalue weighted by atomic mass is 16.7. The quantitative estimate of drug-likeness (QED) is 0.842. The molecule has 2 aliphatic heterocycles. The van der Waals surface area contributed by atoms with Crippen LogP contribution in [0.15, 0.2) is 30.3 Å². The maximum Gasteiger partial charge on any atom is 0.320 e. The number of benzene rings is 2. The summed E-state index contributed by atoms with van der Waals surface area (Å²) in [5, 5.41) is 5.89. The van der Waals surface area contributed by atoms with Gasteiger partial charge in [-0.1, -0.05) is 12.1 Å². The van der Waals surface area contributed by atoms with Crippen LogP contribution < -0.4 is 29.6 Å². The third-order valence-corrected chi connectivity index (χ3v) is 5.02. The molecule has 2 amide bonds. The van der Waals surface area contributed by atoms with Crippen LogP contribution in [0.1, 0.15) is 17.3 Å². The number of likely N-dealkylation sites (N-methyl/N-ethyl adjacent to an activating group) is 1. The van der Waals surface area contributed by atoms with Crippen molar-refractivity contribution >= 4 is 11.7 Å². The molecule has 2 aromatic carbocycles. The van der Waals surface area contributed by atoms with Crippen LogP contribution in [0.3, 0.4) is 0 Å². The SMILES string of the molecule is COc1ccccc1NC(=O)N[C@@H]1c2c(cc3c(c2OC)OCO3)CCN1C. The van der Waals surface area contributed by atoms with Crippen LogP contribution in [-0.4, -0.2) is 45.5 Å². The lowest BCUT2D eigenvalue weighted by Crippen LogP contribution is -2.45. The van der Waals surface area contributed by atoms with Crippen molar-refractivity contribution in [2.45, 2.75) is 12.6 Å². The Kier molecular flexibility index (Phi) is 4.87. The van der Waals surface area contributed by atoms with Crippen molar-refractivity contribution in [2.75, 3.05) is 39.9 Å². The number of carbonyl (C=O) groups is 1. The number of anilines is 1. The molecule has 1 atom stereocenters. The number of hydrogen-bond acceptors (Lipinski definition) is 6. The zero-order valence-corrected chi connectivity index (χ0v) is 16.1. The molecular formula is C20H23N3O5. The Morgan fingerprint density at radius 1 is 1.21 bits per heavy atom. The van der Waals surface area contributed by atoms with E-state index in [2.05, 4.69) is 15.5 Å². The molecule has 148 valence electrons. The Balaban J connectivity index is 1.63. The molecule has 0 saturated carbocycles. The Morgan fingerprint density at radius 3 is 2.82 bits per heavy atom. The zero-order chi connectivity index (χ0) is 19.7. The molecule has 2 heterocycles. The molecule has 28 heavy (non-hydrogen) atoms. The van der Waals surface area contributed by atoms with Gasteiger partial charge in [0.2, 0.25) is 12.5 Å². The van der Waals surface area contributed by atoms with Crippen LogP contribution in [0.25, 0.3) is 0 Å².